The van der Waals surface area contributed by atoms with Crippen molar-refractivity contribution in [2.75, 3.05) is 6.54 Å². The zero-order chi connectivity index (χ0) is 32.9. The number of nitrogens with two attached hydrogens (primary N) is 1. The Bertz CT molecular complexity index is 1530. The number of ether oxygens (including phenoxy) is 1. The molecular weight excluding hydrogens is 604 g/mol. The number of aromatic nitrogens is 1. The van der Waals surface area contributed by atoms with Crippen molar-refractivity contribution in [2.24, 2.45) is 17.6 Å². The molecule has 3 amide bonds. The molecule has 5 atom stereocenters. The summed E-state index contributed by atoms with van der Waals surface area (Å²) in [4.78, 5) is 42.7. The molecule has 0 bridgehead atoms. The third kappa shape index (κ3) is 8.12. The average molecular weight is 646 g/mol. The van der Waals surface area contributed by atoms with E-state index in [0.29, 0.717) is 48.7 Å². The second-order valence-corrected chi connectivity index (χ2v) is 12.5. The van der Waals surface area contributed by atoms with Crippen LogP contribution in [0.5, 0.6) is 0 Å². The standard InChI is InChI=1S/C33H42ClF2N5O4/c1-5-18(3)27(30(37)42)40-32(44)45-33(13-11-26-24(17-33)23-15-22(36)16-25(34)29(23)39-26)41-31(43)28(19(4)6-2)38-14-12-20-7-9-21(35)10-8-20/h7-10,15-16,18-19,27-28,38-39H,5-6,11-14,17H2,1-4H3,(H2,37,42)(H,40,44)(H,41,43)/t18-,19?,27?,28-,33+/m0/s1. The van der Waals surface area contributed by atoms with Crippen molar-refractivity contribution in [2.45, 2.75) is 84.0 Å². The Balaban J connectivity index is 1.62. The van der Waals surface area contributed by atoms with Crippen molar-refractivity contribution in [1.82, 2.24) is 20.9 Å². The molecule has 0 saturated heterocycles. The first-order valence-corrected chi connectivity index (χ1v) is 15.8. The number of aromatic amines is 1. The summed E-state index contributed by atoms with van der Waals surface area (Å²) in [7, 11) is 0. The monoisotopic (exact) mass is 645 g/mol. The number of carbonyl (C=O) groups is 3. The largest absolute Gasteiger partial charge is 0.423 e. The number of rotatable bonds is 13. The van der Waals surface area contributed by atoms with Gasteiger partial charge in [-0.3, -0.25) is 9.59 Å². The molecule has 9 nitrogen and oxygen atoms in total. The normalized spacial score (nSPS) is 18.8. The van der Waals surface area contributed by atoms with Gasteiger partial charge in [-0.2, -0.15) is 0 Å². The molecule has 1 heterocycles. The number of hydrogen-bond donors (Lipinski definition) is 5. The molecule has 3 aromatic rings. The highest BCUT2D eigenvalue weighted by molar-refractivity contribution is 6.35. The summed E-state index contributed by atoms with van der Waals surface area (Å²) in [6.45, 7) is 8.03. The van der Waals surface area contributed by atoms with Crippen LogP contribution in [0.3, 0.4) is 0 Å². The predicted molar refractivity (Wildman–Crippen MR) is 170 cm³/mol. The van der Waals surface area contributed by atoms with E-state index in [4.69, 9.17) is 22.1 Å². The number of nitrogens with one attached hydrogen (secondary N) is 4. The van der Waals surface area contributed by atoms with Crippen LogP contribution in [0.2, 0.25) is 5.02 Å². The van der Waals surface area contributed by atoms with Gasteiger partial charge in [-0.15, -0.1) is 0 Å². The van der Waals surface area contributed by atoms with Gasteiger partial charge < -0.3 is 31.4 Å². The van der Waals surface area contributed by atoms with Crippen LogP contribution in [-0.4, -0.2) is 47.2 Å². The van der Waals surface area contributed by atoms with Crippen molar-refractivity contribution >= 4 is 40.4 Å². The first-order valence-electron chi connectivity index (χ1n) is 15.4. The van der Waals surface area contributed by atoms with E-state index in [1.54, 1.807) is 19.1 Å². The number of aryl methyl sites for hydroxylation is 1. The lowest BCUT2D eigenvalue weighted by Crippen LogP contribution is -2.61. The fourth-order valence-electron chi connectivity index (χ4n) is 5.84. The van der Waals surface area contributed by atoms with Gasteiger partial charge in [-0.25, -0.2) is 13.6 Å². The Hall–Kier alpha value is -3.70. The maximum Gasteiger partial charge on any atom is 0.409 e. The molecule has 2 unspecified atom stereocenters. The van der Waals surface area contributed by atoms with Crippen molar-refractivity contribution < 1.29 is 27.9 Å². The lowest BCUT2D eigenvalue weighted by molar-refractivity contribution is -0.133. The average Bonchev–Trinajstić information content (AvgIpc) is 3.35. The van der Waals surface area contributed by atoms with Crippen molar-refractivity contribution in [1.29, 1.82) is 0 Å². The first-order chi connectivity index (χ1) is 21.4. The number of halogens is 3. The third-order valence-electron chi connectivity index (χ3n) is 8.88. The van der Waals surface area contributed by atoms with Gasteiger partial charge in [0.25, 0.3) is 0 Å². The van der Waals surface area contributed by atoms with Gasteiger partial charge in [-0.05, 0) is 66.6 Å². The Labute approximate surface area is 267 Å². The molecule has 2 aromatic carbocycles. The van der Waals surface area contributed by atoms with E-state index >= 15 is 0 Å². The van der Waals surface area contributed by atoms with E-state index in [1.807, 2.05) is 20.8 Å². The molecule has 0 radical (unpaired) electrons. The van der Waals surface area contributed by atoms with Crippen LogP contribution in [0.1, 0.15) is 63.8 Å². The Morgan fingerprint density at radius 2 is 1.71 bits per heavy atom. The molecule has 6 N–H and O–H groups in total. The third-order valence-corrected chi connectivity index (χ3v) is 9.18. The van der Waals surface area contributed by atoms with E-state index in [-0.39, 0.29) is 41.4 Å². The van der Waals surface area contributed by atoms with Gasteiger partial charge in [0.2, 0.25) is 11.8 Å². The second kappa shape index (κ2) is 14.6. The maximum atomic E-state index is 14.4. The highest BCUT2D eigenvalue weighted by Crippen LogP contribution is 2.37. The Morgan fingerprint density at radius 1 is 1.04 bits per heavy atom. The van der Waals surface area contributed by atoms with Gasteiger partial charge >= 0.3 is 6.09 Å². The fourth-order valence-corrected chi connectivity index (χ4v) is 6.09. The van der Waals surface area contributed by atoms with Crippen LogP contribution in [0, 0.1) is 23.5 Å². The molecule has 0 spiro atoms. The van der Waals surface area contributed by atoms with Crippen LogP contribution >= 0.6 is 11.6 Å². The van der Waals surface area contributed by atoms with Crippen LogP contribution in [0.25, 0.3) is 10.9 Å². The van der Waals surface area contributed by atoms with Crippen LogP contribution < -0.4 is 21.7 Å². The molecule has 0 fully saturated rings. The minimum absolute atomic E-state index is 0.0364. The minimum Gasteiger partial charge on any atom is -0.423 e. The summed E-state index contributed by atoms with van der Waals surface area (Å²) >= 11 is 6.34. The van der Waals surface area contributed by atoms with Crippen molar-refractivity contribution in [3.63, 3.8) is 0 Å². The van der Waals surface area contributed by atoms with Gasteiger partial charge in [0.1, 0.15) is 17.7 Å². The predicted octanol–water partition coefficient (Wildman–Crippen LogP) is 5.27. The molecule has 12 heteroatoms. The summed E-state index contributed by atoms with van der Waals surface area (Å²) in [6.07, 6.45) is 1.55. The lowest BCUT2D eigenvalue weighted by atomic mass is 9.87. The van der Waals surface area contributed by atoms with Crippen LogP contribution in [0.4, 0.5) is 13.6 Å². The first kappa shape index (κ1) is 34.2. The highest BCUT2D eigenvalue weighted by atomic mass is 35.5. The topological polar surface area (TPSA) is 138 Å². The number of H-pyrrole nitrogens is 1. The van der Waals surface area contributed by atoms with Crippen LogP contribution in [-0.2, 0) is 33.6 Å². The summed E-state index contributed by atoms with van der Waals surface area (Å²) in [5.41, 5.74) is 6.99. The lowest BCUT2D eigenvalue weighted by Gasteiger charge is -2.39. The fraction of sp³-hybridized carbons (Fsp3) is 0.485. The van der Waals surface area contributed by atoms with Gasteiger partial charge in [0.15, 0.2) is 5.72 Å². The molecule has 244 valence electrons. The molecular formula is C33H42ClF2N5O4. The van der Waals surface area contributed by atoms with E-state index in [0.717, 1.165) is 11.3 Å². The van der Waals surface area contributed by atoms with Gasteiger partial charge in [0, 0.05) is 23.9 Å². The number of benzene rings is 2. The molecule has 1 aromatic heterocycles. The molecule has 1 aliphatic rings. The van der Waals surface area contributed by atoms with Crippen LogP contribution in [0.15, 0.2) is 36.4 Å². The molecule has 4 rings (SSSR count). The SMILES string of the molecule is CCC(C)[C@H](NCCc1ccc(F)cc1)C(=O)N[C@@]1(OC(=O)NC(C(N)=O)[C@@H](C)CC)CCc2[nH]c3c(Cl)cc(F)cc3c2C1. The number of fused-ring (bicyclic) bond motifs is 3. The second-order valence-electron chi connectivity index (χ2n) is 12.0. The summed E-state index contributed by atoms with van der Waals surface area (Å²) < 4.78 is 33.8. The molecule has 1 aliphatic carbocycles. The van der Waals surface area contributed by atoms with E-state index in [1.165, 1.54) is 24.3 Å². The number of amides is 3. The summed E-state index contributed by atoms with van der Waals surface area (Å²) in [5, 5.41) is 9.67. The Morgan fingerprint density at radius 3 is 2.36 bits per heavy atom. The molecule has 0 saturated carbocycles. The van der Waals surface area contributed by atoms with Gasteiger partial charge in [-0.1, -0.05) is 64.3 Å². The van der Waals surface area contributed by atoms with Gasteiger partial charge in [0.05, 0.1) is 16.6 Å². The number of alkyl carbamates (subject to hydrolysis) is 1. The van der Waals surface area contributed by atoms with Crippen molar-refractivity contribution in [3.8, 4) is 0 Å². The zero-order valence-corrected chi connectivity index (χ0v) is 26.8. The number of primary amides is 1. The smallest absolute Gasteiger partial charge is 0.409 e. The van der Waals surface area contributed by atoms with E-state index in [9.17, 15) is 23.2 Å². The summed E-state index contributed by atoms with van der Waals surface area (Å²) in [5.74, 6) is -2.26. The summed E-state index contributed by atoms with van der Waals surface area (Å²) in [6, 6.07) is 7.15. The minimum atomic E-state index is -1.52. The Kier molecular flexibility index (Phi) is 11.1. The number of carbonyl (C=O) groups excluding carboxylic acids is 3. The molecule has 45 heavy (non-hydrogen) atoms. The van der Waals surface area contributed by atoms with Crippen molar-refractivity contribution in [3.05, 3.63) is 69.9 Å². The molecule has 0 aliphatic heterocycles. The highest BCUT2D eigenvalue weighted by Gasteiger charge is 2.43. The maximum absolute atomic E-state index is 14.4. The zero-order valence-electron chi connectivity index (χ0n) is 26.1. The van der Waals surface area contributed by atoms with E-state index in [2.05, 4.69) is 20.9 Å². The number of hydrogen-bond acceptors (Lipinski definition) is 5. The quantitative estimate of drug-likeness (QED) is 0.161. The van der Waals surface area contributed by atoms with E-state index < -0.39 is 35.6 Å².